The minimum atomic E-state index is -0.396. The van der Waals surface area contributed by atoms with E-state index in [9.17, 15) is 9.59 Å². The highest BCUT2D eigenvalue weighted by molar-refractivity contribution is 6.06. The number of para-hydroxylation sites is 1. The molecule has 0 atom stereocenters. The van der Waals surface area contributed by atoms with Crippen LogP contribution in [0.15, 0.2) is 42.5 Å². The van der Waals surface area contributed by atoms with Crippen molar-refractivity contribution in [2.45, 2.75) is 32.2 Å². The molecule has 0 amide bonds. The number of benzene rings is 2. The summed E-state index contributed by atoms with van der Waals surface area (Å²) in [6, 6.07) is 13.2. The topological polar surface area (TPSA) is 66.8 Å². The Morgan fingerprint density at radius 3 is 2.55 bits per heavy atom. The van der Waals surface area contributed by atoms with Crippen molar-refractivity contribution in [1.29, 1.82) is 0 Å². The summed E-state index contributed by atoms with van der Waals surface area (Å²) < 4.78 is 18.0. The summed E-state index contributed by atoms with van der Waals surface area (Å²) in [7, 11) is 2.94. The fraction of sp³-hybridized carbons (Fsp3) is 0.304. The molecule has 29 heavy (non-hydrogen) atoms. The van der Waals surface area contributed by atoms with Crippen molar-refractivity contribution in [3.8, 4) is 11.5 Å². The molecule has 4 rings (SSSR count). The Bertz CT molecular complexity index is 1090. The molecule has 2 aromatic carbocycles. The maximum Gasteiger partial charge on any atom is 0.340 e. The van der Waals surface area contributed by atoms with Crippen molar-refractivity contribution in [2.75, 3.05) is 14.2 Å². The Hall–Kier alpha value is -3.28. The van der Waals surface area contributed by atoms with Gasteiger partial charge in [-0.2, -0.15) is 0 Å². The molecule has 150 valence electrons. The molecule has 0 N–H and O–H groups in total. The highest BCUT2D eigenvalue weighted by Gasteiger charge is 2.30. The van der Waals surface area contributed by atoms with Gasteiger partial charge in [0.2, 0.25) is 0 Å². The van der Waals surface area contributed by atoms with Gasteiger partial charge in [-0.15, -0.1) is 0 Å². The van der Waals surface area contributed by atoms with Crippen molar-refractivity contribution in [3.05, 3.63) is 59.3 Å². The van der Waals surface area contributed by atoms with Crippen LogP contribution in [0.3, 0.4) is 0 Å². The summed E-state index contributed by atoms with van der Waals surface area (Å²) in [5.74, 6) is 0.261. The van der Waals surface area contributed by atoms with E-state index in [4.69, 9.17) is 14.2 Å². The van der Waals surface area contributed by atoms with Gasteiger partial charge >= 0.3 is 11.9 Å². The first-order chi connectivity index (χ1) is 14.0. The first-order valence-electron chi connectivity index (χ1n) is 9.59. The van der Waals surface area contributed by atoms with Gasteiger partial charge in [-0.05, 0) is 44.0 Å². The summed E-state index contributed by atoms with van der Waals surface area (Å²) in [5.41, 5.74) is 3.12. The average molecular weight is 393 g/mol. The number of carbonyl (C=O) groups excluding carboxylic acids is 2. The highest BCUT2D eigenvalue weighted by Crippen LogP contribution is 2.42. The van der Waals surface area contributed by atoms with Crippen molar-refractivity contribution in [2.24, 2.45) is 0 Å². The zero-order valence-electron chi connectivity index (χ0n) is 16.7. The minimum Gasteiger partial charge on any atom is -0.496 e. The van der Waals surface area contributed by atoms with Crippen molar-refractivity contribution >= 4 is 22.8 Å². The molecule has 6 heteroatoms. The van der Waals surface area contributed by atoms with Crippen LogP contribution < -0.4 is 9.47 Å². The van der Waals surface area contributed by atoms with Crippen LogP contribution in [0.5, 0.6) is 11.5 Å². The third-order valence-electron chi connectivity index (χ3n) is 5.28. The molecule has 0 aliphatic heterocycles. The van der Waals surface area contributed by atoms with Crippen LogP contribution in [-0.4, -0.2) is 30.7 Å². The molecule has 1 aliphatic rings. The van der Waals surface area contributed by atoms with Gasteiger partial charge in [0.15, 0.2) is 0 Å². The van der Waals surface area contributed by atoms with Crippen LogP contribution in [0.2, 0.25) is 0 Å². The number of fused-ring (bicyclic) bond motifs is 1. The Balaban J connectivity index is 1.65. The number of carbonyl (C=O) groups is 2. The monoisotopic (exact) mass is 393 g/mol. The van der Waals surface area contributed by atoms with E-state index in [0.29, 0.717) is 23.1 Å². The third kappa shape index (κ3) is 3.58. The van der Waals surface area contributed by atoms with Gasteiger partial charge < -0.3 is 18.8 Å². The summed E-state index contributed by atoms with van der Waals surface area (Å²) in [5, 5.41) is 0.740. The van der Waals surface area contributed by atoms with Crippen LogP contribution in [0.1, 0.15) is 40.5 Å². The van der Waals surface area contributed by atoms with E-state index >= 15 is 0 Å². The van der Waals surface area contributed by atoms with Crippen LogP contribution in [0, 0.1) is 6.92 Å². The number of rotatable bonds is 6. The van der Waals surface area contributed by atoms with Crippen LogP contribution in [-0.2, 0) is 16.0 Å². The summed E-state index contributed by atoms with van der Waals surface area (Å²) in [4.78, 5) is 24.9. The van der Waals surface area contributed by atoms with E-state index in [0.717, 1.165) is 35.0 Å². The first kappa shape index (κ1) is 19.1. The lowest BCUT2D eigenvalue weighted by atomic mass is 10.1. The zero-order valence-corrected chi connectivity index (χ0v) is 16.7. The van der Waals surface area contributed by atoms with Crippen LogP contribution in [0.25, 0.3) is 10.9 Å². The second-order valence-corrected chi connectivity index (χ2v) is 7.19. The van der Waals surface area contributed by atoms with Crippen LogP contribution >= 0.6 is 0 Å². The predicted octanol–water partition coefficient (Wildman–Crippen LogP) is 4.23. The molecule has 0 spiro atoms. The molecule has 1 saturated carbocycles. The molecule has 1 heterocycles. The lowest BCUT2D eigenvalue weighted by molar-refractivity contribution is -0.133. The van der Waals surface area contributed by atoms with Crippen LogP contribution in [0.4, 0.5) is 0 Å². The van der Waals surface area contributed by atoms with Gasteiger partial charge in [0.05, 0.1) is 26.2 Å². The average Bonchev–Trinajstić information content (AvgIpc) is 3.50. The maximum atomic E-state index is 12.5. The molecule has 3 aromatic rings. The molecule has 1 aromatic heterocycles. The number of ether oxygens (including phenoxy) is 3. The summed E-state index contributed by atoms with van der Waals surface area (Å²) >= 11 is 0. The largest absolute Gasteiger partial charge is 0.496 e. The summed E-state index contributed by atoms with van der Waals surface area (Å²) in [6.07, 6.45) is 2.29. The van der Waals surface area contributed by atoms with Crippen molar-refractivity contribution in [3.63, 3.8) is 0 Å². The van der Waals surface area contributed by atoms with E-state index < -0.39 is 5.97 Å². The third-order valence-corrected chi connectivity index (χ3v) is 5.28. The Kier molecular flexibility index (Phi) is 5.01. The fourth-order valence-electron chi connectivity index (χ4n) is 3.82. The molecule has 1 fully saturated rings. The van der Waals surface area contributed by atoms with Gasteiger partial charge in [0, 0.05) is 28.2 Å². The maximum absolute atomic E-state index is 12.5. The molecular formula is C23H23NO5. The molecule has 6 nitrogen and oxygen atoms in total. The van der Waals surface area contributed by atoms with Gasteiger partial charge in [-0.3, -0.25) is 4.79 Å². The number of nitrogens with zero attached hydrogens (tertiary/aromatic N) is 1. The van der Waals surface area contributed by atoms with Crippen molar-refractivity contribution < 1.29 is 23.8 Å². The normalized spacial score (nSPS) is 13.3. The number of hydrogen-bond acceptors (Lipinski definition) is 5. The predicted molar refractivity (Wildman–Crippen MR) is 109 cm³/mol. The number of esters is 2. The molecular weight excluding hydrogens is 370 g/mol. The lowest BCUT2D eigenvalue weighted by Gasteiger charge is -2.09. The Labute approximate surface area is 169 Å². The van der Waals surface area contributed by atoms with Gasteiger partial charge in [-0.1, -0.05) is 18.2 Å². The molecule has 0 saturated heterocycles. The van der Waals surface area contributed by atoms with Gasteiger partial charge in [0.25, 0.3) is 0 Å². The Morgan fingerprint density at radius 2 is 1.86 bits per heavy atom. The van der Waals surface area contributed by atoms with E-state index in [1.165, 1.54) is 7.11 Å². The lowest BCUT2D eigenvalue weighted by Crippen LogP contribution is -2.12. The highest BCUT2D eigenvalue weighted by atomic mass is 16.5. The van der Waals surface area contributed by atoms with E-state index in [1.54, 1.807) is 25.3 Å². The van der Waals surface area contributed by atoms with E-state index in [1.807, 2.05) is 31.2 Å². The van der Waals surface area contributed by atoms with Gasteiger partial charge in [0.1, 0.15) is 11.5 Å². The SMILES string of the molecule is COC(=O)c1c(C)n(C2CC2)c2ccc(OC(=O)Cc3ccccc3OC)cc12. The molecule has 0 unspecified atom stereocenters. The standard InChI is InChI=1S/C23H23NO5/c1-14-22(23(26)28-3)18-13-17(10-11-19(18)24(14)16-8-9-16)29-21(25)12-15-6-4-5-7-20(15)27-2/h4-7,10-11,13,16H,8-9,12H2,1-3H3. The number of hydrogen-bond donors (Lipinski definition) is 0. The Morgan fingerprint density at radius 1 is 1.10 bits per heavy atom. The van der Waals surface area contributed by atoms with Gasteiger partial charge in [-0.25, -0.2) is 4.79 Å². The van der Waals surface area contributed by atoms with E-state index in [2.05, 4.69) is 4.57 Å². The zero-order chi connectivity index (χ0) is 20.5. The minimum absolute atomic E-state index is 0.0913. The fourth-order valence-corrected chi connectivity index (χ4v) is 3.82. The van der Waals surface area contributed by atoms with Crippen molar-refractivity contribution in [1.82, 2.24) is 4.57 Å². The van der Waals surface area contributed by atoms with E-state index in [-0.39, 0.29) is 12.4 Å². The molecule has 1 aliphatic carbocycles. The number of aromatic nitrogens is 1. The smallest absolute Gasteiger partial charge is 0.340 e. The second kappa shape index (κ2) is 7.62. The quantitative estimate of drug-likeness (QED) is 0.463. The number of methoxy groups -OCH3 is 2. The second-order valence-electron chi connectivity index (χ2n) is 7.19. The molecule has 0 radical (unpaired) electrons. The first-order valence-corrected chi connectivity index (χ1v) is 9.59. The summed E-state index contributed by atoms with van der Waals surface area (Å²) in [6.45, 7) is 1.93. The molecule has 0 bridgehead atoms.